The van der Waals surface area contributed by atoms with E-state index in [1.165, 1.54) is 7.11 Å². The molecule has 0 radical (unpaired) electrons. The summed E-state index contributed by atoms with van der Waals surface area (Å²) in [6, 6.07) is 0. The van der Waals surface area contributed by atoms with Gasteiger partial charge in [-0.25, -0.2) is 0 Å². The van der Waals surface area contributed by atoms with Gasteiger partial charge in [0.15, 0.2) is 0 Å². The van der Waals surface area contributed by atoms with Gasteiger partial charge < -0.3 is 9.05 Å². The van der Waals surface area contributed by atoms with E-state index in [1.54, 1.807) is 0 Å². The van der Waals surface area contributed by atoms with Gasteiger partial charge in [-0.3, -0.25) is 0 Å². The molecule has 5 heteroatoms. The molecule has 0 N–H and O–H groups in total. The largest absolute Gasteiger partial charge is 0.325 e. The molecule has 0 fully saturated rings. The first-order valence-corrected chi connectivity index (χ1v) is 5.94. The van der Waals surface area contributed by atoms with E-state index in [0.717, 1.165) is 0 Å². The minimum absolute atomic E-state index is 0.564. The number of hydrogen-bond acceptors (Lipinski definition) is 3. The normalized spacial score (nSPS) is 17.9. The number of hydrogen-bond donors (Lipinski definition) is 1. The summed E-state index contributed by atoms with van der Waals surface area (Å²) in [5, 5.41) is 0. The van der Waals surface area contributed by atoms with Crippen LogP contribution in [0, 0.1) is 0 Å². The second kappa shape index (κ2) is 3.85. The van der Waals surface area contributed by atoms with Gasteiger partial charge in [-0.1, -0.05) is 12.2 Å². The third-order valence-electron chi connectivity index (χ3n) is 0.523. The highest BCUT2D eigenvalue weighted by Crippen LogP contribution is 2.52. The van der Waals surface area contributed by atoms with E-state index in [2.05, 4.69) is 12.2 Å². The summed E-state index contributed by atoms with van der Waals surface area (Å²) in [5.74, 6) is 0. The second-order valence-corrected chi connectivity index (χ2v) is 6.46. The van der Waals surface area contributed by atoms with Gasteiger partial charge in [-0.2, -0.15) is 0 Å². The van der Waals surface area contributed by atoms with Crippen LogP contribution in [-0.4, -0.2) is 13.7 Å². The fourth-order valence-electron chi connectivity index (χ4n) is 0.216. The summed E-state index contributed by atoms with van der Waals surface area (Å²) in [4.78, 5) is 0. The first-order chi connectivity index (χ1) is 3.62. The lowest BCUT2D eigenvalue weighted by Gasteiger charge is -2.10. The maximum Gasteiger partial charge on any atom is 0.243 e. The van der Waals surface area contributed by atoms with E-state index < -0.39 is 5.69 Å². The lowest BCUT2D eigenvalue weighted by atomic mass is 10.9. The molecule has 50 valence electrons. The molecule has 0 aliphatic heterocycles. The molecule has 0 rings (SSSR count). The molecule has 0 aromatic rings. The van der Waals surface area contributed by atoms with Crippen molar-refractivity contribution in [3.8, 4) is 0 Å². The van der Waals surface area contributed by atoms with Gasteiger partial charge in [0.05, 0.1) is 6.61 Å². The zero-order valence-electron chi connectivity index (χ0n) is 4.83. The summed E-state index contributed by atoms with van der Waals surface area (Å²) in [7, 11) is 1.50. The monoisotopic (exact) mass is 172 g/mol. The van der Waals surface area contributed by atoms with Crippen molar-refractivity contribution in [3.05, 3.63) is 0 Å². The topological polar surface area (TPSA) is 18.5 Å². The quantitative estimate of drug-likeness (QED) is 0.517. The Kier molecular flexibility index (Phi) is 4.30. The van der Waals surface area contributed by atoms with Crippen molar-refractivity contribution in [1.29, 1.82) is 0 Å². The van der Waals surface area contributed by atoms with Crippen LogP contribution in [0.5, 0.6) is 0 Å². The predicted molar refractivity (Wildman–Crippen MR) is 41.9 cm³/mol. The van der Waals surface area contributed by atoms with Crippen molar-refractivity contribution >= 4 is 29.7 Å². The third-order valence-corrected chi connectivity index (χ3v) is 3.17. The molecule has 0 aliphatic rings. The molecular weight excluding hydrogens is 163 g/mol. The highest BCUT2D eigenvalue weighted by Gasteiger charge is 2.06. The van der Waals surface area contributed by atoms with Crippen LogP contribution in [0.25, 0.3) is 0 Å². The van der Waals surface area contributed by atoms with Gasteiger partial charge in [0.1, 0.15) is 0 Å². The molecule has 1 unspecified atom stereocenters. The predicted octanol–water partition coefficient (Wildman–Crippen LogP) is 1.82. The Morgan fingerprint density at radius 1 is 1.75 bits per heavy atom. The molecule has 0 aliphatic carbocycles. The van der Waals surface area contributed by atoms with Gasteiger partial charge >= 0.3 is 0 Å². The van der Waals surface area contributed by atoms with E-state index >= 15 is 0 Å². The van der Waals surface area contributed by atoms with Crippen molar-refractivity contribution in [2.24, 2.45) is 0 Å². The summed E-state index contributed by atoms with van der Waals surface area (Å²) < 4.78 is 9.69. The molecule has 0 spiro atoms. The Bertz CT molecular complexity index is 105. The Morgan fingerprint density at radius 2 is 2.25 bits per heavy atom. The van der Waals surface area contributed by atoms with E-state index in [1.807, 2.05) is 6.92 Å². The zero-order valence-corrected chi connectivity index (χ0v) is 7.43. The molecule has 0 heterocycles. The average molecular weight is 172 g/mol. The summed E-state index contributed by atoms with van der Waals surface area (Å²) in [5.41, 5.74) is -2.15. The van der Waals surface area contributed by atoms with Crippen molar-refractivity contribution in [2.45, 2.75) is 6.92 Å². The standard InChI is InChI=1S/C3H9O2PS2/c1-3-5-6(7,8)4-2/h3H2,1-2H3,(H,7,8). The Labute approximate surface area is 59.9 Å². The maximum atomic E-state index is 4.95. The fourth-order valence-corrected chi connectivity index (χ4v) is 1.31. The molecule has 1 atom stereocenters. The Balaban J connectivity index is 3.55. The molecule has 0 aromatic heterocycles. The number of thiol groups is 1. The van der Waals surface area contributed by atoms with Crippen LogP contribution in [0.1, 0.15) is 6.92 Å². The second-order valence-electron chi connectivity index (χ2n) is 1.07. The SMILES string of the molecule is CCOP(=S)(S)OC. The minimum Gasteiger partial charge on any atom is -0.325 e. The van der Waals surface area contributed by atoms with Gasteiger partial charge in [-0.15, -0.1) is 0 Å². The summed E-state index contributed by atoms with van der Waals surface area (Å²) in [6.45, 7) is 2.42. The average Bonchev–Trinajstić information content (AvgIpc) is 1.67. The van der Waals surface area contributed by atoms with Crippen LogP contribution in [0.4, 0.5) is 0 Å². The highest BCUT2D eigenvalue weighted by molar-refractivity contribution is 8.60. The van der Waals surface area contributed by atoms with Gasteiger partial charge in [0.25, 0.3) is 0 Å². The van der Waals surface area contributed by atoms with E-state index in [4.69, 9.17) is 20.9 Å². The summed E-state index contributed by atoms with van der Waals surface area (Å²) in [6.07, 6.45) is 0. The lowest BCUT2D eigenvalue weighted by Crippen LogP contribution is -1.83. The minimum atomic E-state index is -2.15. The molecule has 0 saturated heterocycles. The molecule has 8 heavy (non-hydrogen) atoms. The van der Waals surface area contributed by atoms with Crippen LogP contribution in [0.3, 0.4) is 0 Å². The Morgan fingerprint density at radius 3 is 2.38 bits per heavy atom. The van der Waals surface area contributed by atoms with Crippen LogP contribution >= 0.6 is 17.9 Å². The van der Waals surface area contributed by atoms with Crippen LogP contribution in [-0.2, 0) is 20.9 Å². The van der Waals surface area contributed by atoms with Gasteiger partial charge in [-0.05, 0) is 18.7 Å². The van der Waals surface area contributed by atoms with Crippen molar-refractivity contribution in [1.82, 2.24) is 0 Å². The molecular formula is C3H9O2PS2. The molecule has 0 amide bonds. The van der Waals surface area contributed by atoms with Crippen molar-refractivity contribution in [3.63, 3.8) is 0 Å². The van der Waals surface area contributed by atoms with Gasteiger partial charge in [0.2, 0.25) is 5.69 Å². The van der Waals surface area contributed by atoms with Crippen LogP contribution < -0.4 is 0 Å². The molecule has 0 aromatic carbocycles. The molecule has 0 saturated carbocycles. The van der Waals surface area contributed by atoms with Crippen LogP contribution in [0.2, 0.25) is 0 Å². The van der Waals surface area contributed by atoms with Crippen LogP contribution in [0.15, 0.2) is 0 Å². The number of rotatable bonds is 3. The zero-order chi connectivity index (χ0) is 6.62. The van der Waals surface area contributed by atoms with Crippen molar-refractivity contribution < 1.29 is 9.05 Å². The van der Waals surface area contributed by atoms with E-state index in [0.29, 0.717) is 6.61 Å². The lowest BCUT2D eigenvalue weighted by molar-refractivity contribution is 0.310. The maximum absolute atomic E-state index is 4.95. The van der Waals surface area contributed by atoms with Gasteiger partial charge in [0, 0.05) is 7.11 Å². The third kappa shape index (κ3) is 3.87. The Hall–Kier alpha value is 0.920. The fraction of sp³-hybridized carbons (Fsp3) is 1.00. The summed E-state index contributed by atoms with van der Waals surface area (Å²) >= 11 is 8.72. The van der Waals surface area contributed by atoms with E-state index in [9.17, 15) is 0 Å². The first-order valence-electron chi connectivity index (χ1n) is 2.15. The van der Waals surface area contributed by atoms with Crippen molar-refractivity contribution in [2.75, 3.05) is 13.7 Å². The highest BCUT2D eigenvalue weighted by atomic mass is 32.9. The first kappa shape index (κ1) is 8.92. The van der Waals surface area contributed by atoms with E-state index in [-0.39, 0.29) is 0 Å². The molecule has 2 nitrogen and oxygen atoms in total. The molecule has 0 bridgehead atoms. The smallest absolute Gasteiger partial charge is 0.243 e.